The molecule has 0 N–H and O–H groups in total. The number of anilines is 1. The first-order valence-electron chi connectivity index (χ1n) is 13.4. The first-order chi connectivity index (χ1) is 18.4. The molecule has 1 saturated heterocycles. The maximum atomic E-state index is 5.00. The third-order valence-corrected chi connectivity index (χ3v) is 7.22. The van der Waals surface area contributed by atoms with E-state index >= 15 is 0 Å². The van der Waals surface area contributed by atoms with Gasteiger partial charge in [0.2, 0.25) is 0 Å². The fraction of sp³-hybridized carbons (Fsp3) is 0.379. The normalized spacial score (nSPS) is 14.2. The van der Waals surface area contributed by atoms with E-state index in [-0.39, 0.29) is 0 Å². The number of aromatic nitrogens is 7. The highest BCUT2D eigenvalue weighted by Gasteiger charge is 2.20. The predicted molar refractivity (Wildman–Crippen MR) is 151 cm³/mol. The molecule has 1 aliphatic heterocycles. The summed E-state index contributed by atoms with van der Waals surface area (Å²) in [5, 5.41) is 14.8. The van der Waals surface area contributed by atoms with Gasteiger partial charge in [0.25, 0.3) is 0 Å². The second-order valence-corrected chi connectivity index (χ2v) is 10.5. The van der Waals surface area contributed by atoms with Crippen molar-refractivity contribution in [3.63, 3.8) is 0 Å². The fourth-order valence-corrected chi connectivity index (χ4v) is 5.10. The highest BCUT2D eigenvalue weighted by molar-refractivity contribution is 5.65. The second-order valence-electron chi connectivity index (χ2n) is 10.5. The lowest BCUT2D eigenvalue weighted by molar-refractivity contribution is 0.371. The maximum absolute atomic E-state index is 5.00. The minimum atomic E-state index is 0.788. The van der Waals surface area contributed by atoms with Crippen molar-refractivity contribution in [2.45, 2.75) is 39.7 Å². The minimum Gasteiger partial charge on any atom is -0.356 e. The molecule has 1 aliphatic rings. The molecule has 38 heavy (non-hydrogen) atoms. The highest BCUT2D eigenvalue weighted by atomic mass is 15.4. The Labute approximate surface area is 223 Å². The monoisotopic (exact) mass is 509 g/mol. The van der Waals surface area contributed by atoms with Gasteiger partial charge in [-0.25, -0.2) is 9.67 Å². The van der Waals surface area contributed by atoms with Crippen LogP contribution in [0.5, 0.6) is 0 Å². The summed E-state index contributed by atoms with van der Waals surface area (Å²) >= 11 is 0. The Morgan fingerprint density at radius 3 is 2.45 bits per heavy atom. The molecule has 4 aromatic heterocycles. The highest BCUT2D eigenvalue weighted by Crippen LogP contribution is 2.27. The zero-order chi connectivity index (χ0) is 26.2. The Hall–Kier alpha value is -3.98. The SMILES string of the molecule is Cc1cccc(-c2ccn(-c3cc(N4CCCCC4)n4nc(-c5cc(C)n(CCN(C)C)n5)cc4n3)n2)c1. The molecule has 0 saturated carbocycles. The zero-order valence-corrected chi connectivity index (χ0v) is 22.7. The standard InChI is InChI=1S/C29H35N9/c1-21-9-8-10-23(17-21)24-11-14-37(31-24)27-20-29(35-12-6-5-7-13-35)38-28(30-27)19-26(33-38)25-18-22(2)36(32-25)16-15-34(3)4/h8-11,14,17-20H,5-7,12-13,15-16H2,1-4H3. The van der Waals surface area contributed by atoms with Crippen molar-refractivity contribution >= 4 is 11.5 Å². The van der Waals surface area contributed by atoms with Crippen LogP contribution in [0, 0.1) is 13.8 Å². The van der Waals surface area contributed by atoms with Crippen molar-refractivity contribution in [1.82, 2.24) is 39.1 Å². The van der Waals surface area contributed by atoms with E-state index in [1.807, 2.05) is 27.5 Å². The number of fused-ring (bicyclic) bond motifs is 1. The average Bonchev–Trinajstić information content (AvgIpc) is 3.65. The smallest absolute Gasteiger partial charge is 0.160 e. The first kappa shape index (κ1) is 24.4. The zero-order valence-electron chi connectivity index (χ0n) is 22.7. The Balaban J connectivity index is 1.41. The van der Waals surface area contributed by atoms with Crippen LogP contribution in [0.4, 0.5) is 5.82 Å². The lowest BCUT2D eigenvalue weighted by Gasteiger charge is -2.29. The van der Waals surface area contributed by atoms with Crippen molar-refractivity contribution < 1.29 is 0 Å². The van der Waals surface area contributed by atoms with E-state index in [2.05, 4.69) is 78.8 Å². The number of piperidine rings is 1. The molecule has 196 valence electrons. The van der Waals surface area contributed by atoms with E-state index in [1.165, 1.54) is 24.8 Å². The van der Waals surface area contributed by atoms with Gasteiger partial charge < -0.3 is 9.80 Å². The van der Waals surface area contributed by atoms with Crippen molar-refractivity contribution in [2.24, 2.45) is 0 Å². The van der Waals surface area contributed by atoms with E-state index in [0.717, 1.165) is 71.8 Å². The summed E-state index contributed by atoms with van der Waals surface area (Å²) < 4.78 is 5.90. The molecule has 6 rings (SSSR count). The van der Waals surface area contributed by atoms with Crippen LogP contribution in [0.2, 0.25) is 0 Å². The number of hydrogen-bond donors (Lipinski definition) is 0. The van der Waals surface area contributed by atoms with Crippen molar-refractivity contribution in [3.8, 4) is 28.5 Å². The Morgan fingerprint density at radius 2 is 1.66 bits per heavy atom. The fourth-order valence-electron chi connectivity index (χ4n) is 5.10. The van der Waals surface area contributed by atoms with Gasteiger partial charge in [0.05, 0.1) is 12.2 Å². The van der Waals surface area contributed by atoms with Crippen LogP contribution >= 0.6 is 0 Å². The Bertz CT molecular complexity index is 1570. The molecular weight excluding hydrogens is 474 g/mol. The molecular formula is C29H35N9. The molecule has 5 heterocycles. The van der Waals surface area contributed by atoms with Crippen LogP contribution in [-0.2, 0) is 6.54 Å². The van der Waals surface area contributed by atoms with Crippen LogP contribution in [-0.4, -0.2) is 72.8 Å². The first-order valence-corrected chi connectivity index (χ1v) is 13.4. The number of nitrogens with zero attached hydrogens (tertiary/aromatic N) is 9. The summed E-state index contributed by atoms with van der Waals surface area (Å²) in [7, 11) is 4.16. The topological polar surface area (TPSA) is 72.3 Å². The van der Waals surface area contributed by atoms with Gasteiger partial charge >= 0.3 is 0 Å². The van der Waals surface area contributed by atoms with E-state index in [9.17, 15) is 0 Å². The number of rotatable bonds is 7. The van der Waals surface area contributed by atoms with E-state index in [0.29, 0.717) is 0 Å². The quantitative estimate of drug-likeness (QED) is 0.319. The van der Waals surface area contributed by atoms with Gasteiger partial charge in [-0.15, -0.1) is 0 Å². The Morgan fingerprint density at radius 1 is 0.842 bits per heavy atom. The molecule has 5 aromatic rings. The van der Waals surface area contributed by atoms with Gasteiger partial charge in [-0.3, -0.25) is 4.68 Å². The average molecular weight is 510 g/mol. The third-order valence-electron chi connectivity index (χ3n) is 7.22. The molecule has 0 bridgehead atoms. The van der Waals surface area contributed by atoms with Gasteiger partial charge in [-0.2, -0.15) is 19.8 Å². The molecule has 0 spiro atoms. The molecule has 9 heteroatoms. The van der Waals surface area contributed by atoms with Crippen LogP contribution in [0.15, 0.2) is 54.7 Å². The number of benzene rings is 1. The van der Waals surface area contributed by atoms with Gasteiger partial charge in [-0.05, 0) is 65.4 Å². The van der Waals surface area contributed by atoms with Crippen molar-refractivity contribution in [2.75, 3.05) is 38.6 Å². The molecule has 0 radical (unpaired) electrons. The van der Waals surface area contributed by atoms with Crippen molar-refractivity contribution in [1.29, 1.82) is 0 Å². The second kappa shape index (κ2) is 10.1. The van der Waals surface area contributed by atoms with E-state index in [1.54, 1.807) is 0 Å². The predicted octanol–water partition coefficient (Wildman–Crippen LogP) is 4.61. The minimum absolute atomic E-state index is 0.788. The molecule has 0 atom stereocenters. The van der Waals surface area contributed by atoms with Gasteiger partial charge in [-0.1, -0.05) is 23.8 Å². The molecule has 0 aliphatic carbocycles. The lowest BCUT2D eigenvalue weighted by Crippen LogP contribution is -2.31. The lowest BCUT2D eigenvalue weighted by atomic mass is 10.1. The maximum Gasteiger partial charge on any atom is 0.160 e. The number of aryl methyl sites for hydroxylation is 2. The summed E-state index contributed by atoms with van der Waals surface area (Å²) in [6.07, 6.45) is 5.62. The van der Waals surface area contributed by atoms with Gasteiger partial charge in [0.15, 0.2) is 11.5 Å². The van der Waals surface area contributed by atoms with Crippen LogP contribution in [0.3, 0.4) is 0 Å². The van der Waals surface area contributed by atoms with Crippen LogP contribution in [0.1, 0.15) is 30.5 Å². The summed E-state index contributed by atoms with van der Waals surface area (Å²) in [5.74, 6) is 1.84. The van der Waals surface area contributed by atoms with Crippen LogP contribution in [0.25, 0.3) is 34.1 Å². The third kappa shape index (κ3) is 4.81. The summed E-state index contributed by atoms with van der Waals surface area (Å²) in [5.41, 5.74) is 6.89. The van der Waals surface area contributed by atoms with Gasteiger partial charge in [0.1, 0.15) is 17.2 Å². The Kier molecular flexibility index (Phi) is 6.45. The largest absolute Gasteiger partial charge is 0.356 e. The molecule has 0 unspecified atom stereocenters. The molecule has 9 nitrogen and oxygen atoms in total. The van der Waals surface area contributed by atoms with Gasteiger partial charge in [0, 0.05) is 49.2 Å². The summed E-state index contributed by atoms with van der Waals surface area (Å²) in [6.45, 7) is 8.01. The molecule has 1 fully saturated rings. The van der Waals surface area contributed by atoms with Crippen molar-refractivity contribution in [3.05, 3.63) is 66.0 Å². The summed E-state index contributed by atoms with van der Waals surface area (Å²) in [4.78, 5) is 9.58. The van der Waals surface area contributed by atoms with E-state index in [4.69, 9.17) is 20.3 Å². The number of likely N-dealkylation sites (N-methyl/N-ethyl adjacent to an activating group) is 1. The van der Waals surface area contributed by atoms with E-state index < -0.39 is 0 Å². The molecule has 1 aromatic carbocycles. The number of hydrogen-bond acceptors (Lipinski definition) is 6. The molecule has 0 amide bonds. The summed E-state index contributed by atoms with van der Waals surface area (Å²) in [6, 6.07) is 16.7. The van der Waals surface area contributed by atoms with Crippen LogP contribution < -0.4 is 4.90 Å².